The third kappa shape index (κ3) is 3.01. The molecule has 0 saturated carbocycles. The molecule has 1 fully saturated rings. The van der Waals surface area contributed by atoms with E-state index in [1.807, 2.05) is 0 Å². The van der Waals surface area contributed by atoms with Crippen molar-refractivity contribution < 1.29 is 17.6 Å². The van der Waals surface area contributed by atoms with Crippen molar-refractivity contribution in [3.05, 3.63) is 23.6 Å². The van der Waals surface area contributed by atoms with E-state index in [0.717, 1.165) is 12.3 Å². The minimum atomic E-state index is -3.05. The molecule has 0 aromatic carbocycles. The predicted molar refractivity (Wildman–Crippen MR) is 68.3 cm³/mol. The molecular weight excluding hydrogens is 273 g/mol. The molecule has 2 rings (SSSR count). The summed E-state index contributed by atoms with van der Waals surface area (Å²) in [7, 11) is -1.47. The van der Waals surface area contributed by atoms with Crippen LogP contribution in [0.1, 0.15) is 10.4 Å². The molecule has 0 unspecified atom stereocenters. The van der Waals surface area contributed by atoms with Crippen molar-refractivity contribution in [1.82, 2.24) is 9.88 Å². The zero-order chi connectivity index (χ0) is 14.0. The van der Waals surface area contributed by atoms with Crippen molar-refractivity contribution >= 4 is 21.6 Å². The zero-order valence-corrected chi connectivity index (χ0v) is 11.2. The first-order chi connectivity index (χ1) is 8.93. The summed E-state index contributed by atoms with van der Waals surface area (Å²) in [5.74, 6) is -0.856. The number of hydrogen-bond acceptors (Lipinski definition) is 5. The highest BCUT2D eigenvalue weighted by molar-refractivity contribution is 7.91. The van der Waals surface area contributed by atoms with Crippen molar-refractivity contribution in [2.45, 2.75) is 0 Å². The molecule has 6 nitrogen and oxygen atoms in total. The average Bonchev–Trinajstić information content (AvgIpc) is 2.38. The lowest BCUT2D eigenvalue weighted by Crippen LogP contribution is -2.44. The van der Waals surface area contributed by atoms with E-state index in [1.54, 1.807) is 7.05 Å². The molecule has 0 spiro atoms. The molecule has 2 heterocycles. The van der Waals surface area contributed by atoms with Gasteiger partial charge in [-0.2, -0.15) is 0 Å². The van der Waals surface area contributed by atoms with Gasteiger partial charge in [0.15, 0.2) is 9.84 Å². The predicted octanol–water partition coefficient (Wildman–Crippen LogP) is 0.133. The molecule has 0 aliphatic carbocycles. The molecule has 1 aromatic heterocycles. The van der Waals surface area contributed by atoms with Gasteiger partial charge in [0.2, 0.25) is 0 Å². The highest BCUT2D eigenvalue weighted by Crippen LogP contribution is 2.17. The minimum absolute atomic E-state index is 0.0592. The third-order valence-electron chi connectivity index (χ3n) is 2.95. The maximum absolute atomic E-state index is 13.2. The summed E-state index contributed by atoms with van der Waals surface area (Å²) in [5.41, 5.74) is 0.113. The van der Waals surface area contributed by atoms with E-state index in [0.29, 0.717) is 0 Å². The van der Waals surface area contributed by atoms with Crippen molar-refractivity contribution in [2.75, 3.05) is 37.0 Å². The topological polar surface area (TPSA) is 79.4 Å². The van der Waals surface area contributed by atoms with Crippen LogP contribution in [0.4, 0.5) is 10.2 Å². The van der Waals surface area contributed by atoms with Gasteiger partial charge in [-0.3, -0.25) is 4.79 Å². The number of sulfone groups is 1. The molecule has 104 valence electrons. The Balaban J connectivity index is 2.23. The van der Waals surface area contributed by atoms with E-state index >= 15 is 0 Å². The van der Waals surface area contributed by atoms with Gasteiger partial charge < -0.3 is 10.2 Å². The number of nitrogens with zero attached hydrogens (tertiary/aromatic N) is 2. The van der Waals surface area contributed by atoms with E-state index in [-0.39, 0.29) is 36.0 Å². The molecule has 1 N–H and O–H groups in total. The zero-order valence-electron chi connectivity index (χ0n) is 10.4. The van der Waals surface area contributed by atoms with Crippen molar-refractivity contribution in [3.63, 3.8) is 0 Å². The smallest absolute Gasteiger partial charge is 0.257 e. The van der Waals surface area contributed by atoms with Crippen LogP contribution < -0.4 is 5.32 Å². The van der Waals surface area contributed by atoms with Gasteiger partial charge in [-0.1, -0.05) is 0 Å². The molecule has 1 aliphatic heterocycles. The summed E-state index contributed by atoms with van der Waals surface area (Å²) in [4.78, 5) is 17.4. The maximum atomic E-state index is 13.2. The van der Waals surface area contributed by atoms with Crippen molar-refractivity contribution in [3.8, 4) is 0 Å². The van der Waals surface area contributed by atoms with E-state index in [1.165, 1.54) is 4.90 Å². The fraction of sp³-hybridized carbons (Fsp3) is 0.455. The number of halogens is 1. The summed E-state index contributed by atoms with van der Waals surface area (Å²) in [6.45, 7) is 0.252. The minimum Gasteiger partial charge on any atom is -0.372 e. The van der Waals surface area contributed by atoms with Crippen LogP contribution >= 0.6 is 0 Å². The summed E-state index contributed by atoms with van der Waals surface area (Å²) in [6.07, 6.45) is 1.02. The molecule has 0 radical (unpaired) electrons. The number of carbonyl (C=O) groups excluding carboxylic acids is 1. The fourth-order valence-electron chi connectivity index (χ4n) is 1.89. The average molecular weight is 287 g/mol. The highest BCUT2D eigenvalue weighted by atomic mass is 32.2. The number of nitrogens with one attached hydrogen (secondary N) is 1. The number of anilines is 1. The van der Waals surface area contributed by atoms with Crippen molar-refractivity contribution in [2.24, 2.45) is 0 Å². The normalized spacial score (nSPS) is 18.1. The monoisotopic (exact) mass is 287 g/mol. The first-order valence-corrected chi connectivity index (χ1v) is 7.58. The summed E-state index contributed by atoms with van der Waals surface area (Å²) < 4.78 is 35.8. The second-order valence-corrected chi connectivity index (χ2v) is 6.55. The van der Waals surface area contributed by atoms with Crippen LogP contribution in [-0.4, -0.2) is 55.9 Å². The molecule has 1 aromatic rings. The van der Waals surface area contributed by atoms with Crippen LogP contribution in [0.5, 0.6) is 0 Å². The van der Waals surface area contributed by atoms with Gasteiger partial charge in [0, 0.05) is 20.1 Å². The number of aromatic nitrogens is 1. The molecule has 0 bridgehead atoms. The Labute approximate surface area is 110 Å². The van der Waals surface area contributed by atoms with Gasteiger partial charge in [-0.25, -0.2) is 17.8 Å². The van der Waals surface area contributed by atoms with E-state index in [2.05, 4.69) is 10.3 Å². The molecule has 1 saturated heterocycles. The quantitative estimate of drug-likeness (QED) is 0.836. The van der Waals surface area contributed by atoms with E-state index < -0.39 is 21.6 Å². The summed E-state index contributed by atoms with van der Waals surface area (Å²) in [6, 6.07) is 1.10. The van der Waals surface area contributed by atoms with Gasteiger partial charge >= 0.3 is 0 Å². The molecule has 19 heavy (non-hydrogen) atoms. The third-order valence-corrected chi connectivity index (χ3v) is 4.56. The number of hydrogen-bond donors (Lipinski definition) is 1. The second kappa shape index (κ2) is 5.12. The van der Waals surface area contributed by atoms with Crippen LogP contribution in [0.2, 0.25) is 0 Å². The number of amides is 1. The molecular formula is C11H14FN3O3S. The summed E-state index contributed by atoms with van der Waals surface area (Å²) >= 11 is 0. The number of pyridine rings is 1. The van der Waals surface area contributed by atoms with Gasteiger partial charge in [0.1, 0.15) is 11.6 Å². The van der Waals surface area contributed by atoms with Gasteiger partial charge in [0.25, 0.3) is 5.91 Å². The van der Waals surface area contributed by atoms with Crippen LogP contribution in [0.15, 0.2) is 12.3 Å². The van der Waals surface area contributed by atoms with Crippen molar-refractivity contribution in [1.29, 1.82) is 0 Å². The standard InChI is InChI=1S/C11H14FN3O3S/c1-13-10-9(6-8(12)7-14-10)11(16)15-2-4-19(17,18)5-3-15/h6-7H,2-5H2,1H3,(H,13,14). The first kappa shape index (κ1) is 13.7. The molecule has 1 amide bonds. The lowest BCUT2D eigenvalue weighted by molar-refractivity contribution is 0.0770. The Bertz CT molecular complexity index is 589. The number of carbonyl (C=O) groups is 1. The van der Waals surface area contributed by atoms with Gasteiger partial charge in [-0.15, -0.1) is 0 Å². The largest absolute Gasteiger partial charge is 0.372 e. The highest BCUT2D eigenvalue weighted by Gasteiger charge is 2.27. The lowest BCUT2D eigenvalue weighted by Gasteiger charge is -2.27. The Hall–Kier alpha value is -1.70. The van der Waals surface area contributed by atoms with E-state index in [9.17, 15) is 17.6 Å². The second-order valence-electron chi connectivity index (χ2n) is 4.24. The first-order valence-electron chi connectivity index (χ1n) is 5.76. The Morgan fingerprint density at radius 1 is 1.42 bits per heavy atom. The lowest BCUT2D eigenvalue weighted by atomic mass is 10.2. The SMILES string of the molecule is CNc1ncc(F)cc1C(=O)N1CCS(=O)(=O)CC1. The Morgan fingerprint density at radius 3 is 2.63 bits per heavy atom. The van der Waals surface area contributed by atoms with Gasteiger partial charge in [-0.05, 0) is 6.07 Å². The van der Waals surface area contributed by atoms with Crippen LogP contribution in [0, 0.1) is 5.82 Å². The Morgan fingerprint density at radius 2 is 2.05 bits per heavy atom. The molecule has 8 heteroatoms. The Kier molecular flexibility index (Phi) is 3.70. The molecule has 0 atom stereocenters. The van der Waals surface area contributed by atoms with Gasteiger partial charge in [0.05, 0.1) is 23.3 Å². The number of rotatable bonds is 2. The summed E-state index contributed by atoms with van der Waals surface area (Å²) in [5, 5.41) is 2.72. The van der Waals surface area contributed by atoms with Crippen LogP contribution in [-0.2, 0) is 9.84 Å². The van der Waals surface area contributed by atoms with Crippen LogP contribution in [0.25, 0.3) is 0 Å². The van der Waals surface area contributed by atoms with E-state index in [4.69, 9.17) is 0 Å². The molecule has 1 aliphatic rings. The fourth-order valence-corrected chi connectivity index (χ4v) is 3.09. The maximum Gasteiger partial charge on any atom is 0.257 e. The van der Waals surface area contributed by atoms with Crippen LogP contribution in [0.3, 0.4) is 0 Å².